The van der Waals surface area contributed by atoms with Crippen molar-refractivity contribution in [1.82, 2.24) is 10.3 Å². The highest BCUT2D eigenvalue weighted by atomic mass is 14.9. The number of nitrogens with one attached hydrogen (secondary N) is 1. The van der Waals surface area contributed by atoms with E-state index in [1.807, 2.05) is 12.3 Å². The molecule has 1 N–H and O–H groups in total. The first-order valence-corrected chi connectivity index (χ1v) is 7.92. The van der Waals surface area contributed by atoms with Crippen molar-refractivity contribution in [3.05, 3.63) is 29.6 Å². The fraction of sp³-hybridized carbons (Fsp3) is 0.706. The molecule has 3 atom stereocenters. The van der Waals surface area contributed by atoms with Gasteiger partial charge in [0.05, 0.1) is 11.7 Å². The molecule has 0 saturated heterocycles. The van der Waals surface area contributed by atoms with Crippen LogP contribution in [-0.2, 0) is 0 Å². The zero-order valence-electron chi connectivity index (χ0n) is 12.7. The third kappa shape index (κ3) is 3.36. The van der Waals surface area contributed by atoms with Gasteiger partial charge < -0.3 is 5.32 Å². The van der Waals surface area contributed by atoms with E-state index < -0.39 is 0 Å². The van der Waals surface area contributed by atoms with Gasteiger partial charge in [-0.15, -0.1) is 0 Å². The molecular formula is C17H28N2. The Bertz CT molecular complexity index is 389. The Morgan fingerprint density at radius 3 is 2.79 bits per heavy atom. The van der Waals surface area contributed by atoms with Gasteiger partial charge in [-0.3, -0.25) is 4.98 Å². The molecule has 0 aromatic carbocycles. The van der Waals surface area contributed by atoms with Crippen LogP contribution < -0.4 is 5.32 Å². The van der Waals surface area contributed by atoms with Crippen LogP contribution in [-0.4, -0.2) is 11.5 Å². The average Bonchev–Trinajstić information content (AvgIpc) is 2.46. The average molecular weight is 260 g/mol. The second-order valence-electron chi connectivity index (χ2n) is 5.86. The van der Waals surface area contributed by atoms with Gasteiger partial charge in [0.15, 0.2) is 0 Å². The summed E-state index contributed by atoms with van der Waals surface area (Å²) in [4.78, 5) is 4.68. The molecule has 0 spiro atoms. The molecule has 1 aromatic rings. The predicted molar refractivity (Wildman–Crippen MR) is 81.1 cm³/mol. The molecule has 1 heterocycles. The van der Waals surface area contributed by atoms with Crippen LogP contribution >= 0.6 is 0 Å². The maximum Gasteiger partial charge on any atom is 0.0605 e. The van der Waals surface area contributed by atoms with Crippen molar-refractivity contribution < 1.29 is 0 Å². The van der Waals surface area contributed by atoms with Gasteiger partial charge in [0, 0.05) is 6.20 Å². The number of hydrogen-bond donors (Lipinski definition) is 1. The summed E-state index contributed by atoms with van der Waals surface area (Å²) in [5, 5.41) is 3.71. The van der Waals surface area contributed by atoms with Crippen LogP contribution in [0.3, 0.4) is 0 Å². The molecule has 0 amide bonds. The van der Waals surface area contributed by atoms with Crippen LogP contribution in [0.4, 0.5) is 0 Å². The van der Waals surface area contributed by atoms with Crippen LogP contribution in [0.5, 0.6) is 0 Å². The third-order valence-electron chi connectivity index (χ3n) is 4.69. The minimum Gasteiger partial charge on any atom is -0.309 e. The van der Waals surface area contributed by atoms with Crippen molar-refractivity contribution in [2.75, 3.05) is 6.54 Å². The molecule has 0 radical (unpaired) electrons. The second-order valence-corrected chi connectivity index (χ2v) is 5.86. The van der Waals surface area contributed by atoms with Crippen molar-refractivity contribution in [3.8, 4) is 0 Å². The molecule has 1 aliphatic carbocycles. The fourth-order valence-electron chi connectivity index (χ4n) is 3.68. The normalized spacial score (nSPS) is 25.2. The van der Waals surface area contributed by atoms with E-state index >= 15 is 0 Å². The SMILES string of the molecule is CCNC(c1ncccc1C)C1CCCCC1CC. The van der Waals surface area contributed by atoms with Gasteiger partial charge in [0.2, 0.25) is 0 Å². The van der Waals surface area contributed by atoms with E-state index in [0.29, 0.717) is 6.04 Å². The predicted octanol–water partition coefficient (Wildman–Crippen LogP) is 4.26. The minimum absolute atomic E-state index is 0.441. The monoisotopic (exact) mass is 260 g/mol. The van der Waals surface area contributed by atoms with Gasteiger partial charge in [-0.25, -0.2) is 0 Å². The summed E-state index contributed by atoms with van der Waals surface area (Å²) in [6.45, 7) is 7.76. The number of pyridine rings is 1. The Morgan fingerprint density at radius 1 is 1.32 bits per heavy atom. The number of aromatic nitrogens is 1. The molecule has 2 nitrogen and oxygen atoms in total. The van der Waals surface area contributed by atoms with Crippen LogP contribution in [0, 0.1) is 18.8 Å². The highest BCUT2D eigenvalue weighted by molar-refractivity contribution is 5.22. The topological polar surface area (TPSA) is 24.9 Å². The maximum atomic E-state index is 4.68. The van der Waals surface area contributed by atoms with Crippen LogP contribution in [0.2, 0.25) is 0 Å². The summed E-state index contributed by atoms with van der Waals surface area (Å²) in [6.07, 6.45) is 8.79. The van der Waals surface area contributed by atoms with E-state index in [0.717, 1.165) is 18.4 Å². The van der Waals surface area contributed by atoms with E-state index in [-0.39, 0.29) is 0 Å². The lowest BCUT2D eigenvalue weighted by Gasteiger charge is -2.37. The van der Waals surface area contributed by atoms with Crippen LogP contribution in [0.1, 0.15) is 63.3 Å². The van der Waals surface area contributed by atoms with E-state index in [1.54, 1.807) is 0 Å². The second kappa shape index (κ2) is 7.04. The van der Waals surface area contributed by atoms with Crippen molar-refractivity contribution in [2.24, 2.45) is 11.8 Å². The summed E-state index contributed by atoms with van der Waals surface area (Å²) < 4.78 is 0. The summed E-state index contributed by atoms with van der Waals surface area (Å²) in [5.74, 6) is 1.62. The molecule has 2 heteroatoms. The Labute approximate surface area is 118 Å². The highest BCUT2D eigenvalue weighted by Gasteiger charge is 2.32. The number of nitrogens with zero attached hydrogens (tertiary/aromatic N) is 1. The quantitative estimate of drug-likeness (QED) is 0.855. The molecule has 19 heavy (non-hydrogen) atoms. The van der Waals surface area contributed by atoms with Crippen LogP contribution in [0.25, 0.3) is 0 Å². The summed E-state index contributed by atoms with van der Waals surface area (Å²) >= 11 is 0. The smallest absolute Gasteiger partial charge is 0.0605 e. The first-order chi connectivity index (χ1) is 9.27. The molecule has 106 valence electrons. The first kappa shape index (κ1) is 14.5. The molecular weight excluding hydrogens is 232 g/mol. The standard InChI is InChI=1S/C17H28N2/c1-4-14-10-6-7-11-15(14)17(18-5-2)16-13(3)9-8-12-19-16/h8-9,12,14-15,17-18H,4-7,10-11H2,1-3H3. The Morgan fingerprint density at radius 2 is 2.11 bits per heavy atom. The Kier molecular flexibility index (Phi) is 5.38. The first-order valence-electron chi connectivity index (χ1n) is 7.92. The fourth-order valence-corrected chi connectivity index (χ4v) is 3.68. The molecule has 1 fully saturated rings. The Balaban J connectivity index is 2.26. The van der Waals surface area contributed by atoms with Crippen LogP contribution in [0.15, 0.2) is 18.3 Å². The highest BCUT2D eigenvalue weighted by Crippen LogP contribution is 2.40. The van der Waals surface area contributed by atoms with E-state index in [9.17, 15) is 0 Å². The number of rotatable bonds is 5. The number of hydrogen-bond acceptors (Lipinski definition) is 2. The lowest BCUT2D eigenvalue weighted by atomic mass is 9.72. The lowest BCUT2D eigenvalue weighted by molar-refractivity contribution is 0.174. The van der Waals surface area contributed by atoms with E-state index in [4.69, 9.17) is 0 Å². The van der Waals surface area contributed by atoms with Crippen molar-refractivity contribution >= 4 is 0 Å². The molecule has 0 bridgehead atoms. The van der Waals surface area contributed by atoms with Gasteiger partial charge >= 0.3 is 0 Å². The van der Waals surface area contributed by atoms with Gasteiger partial charge in [0.1, 0.15) is 0 Å². The van der Waals surface area contributed by atoms with Gasteiger partial charge in [-0.1, -0.05) is 45.6 Å². The molecule has 3 unspecified atom stereocenters. The zero-order chi connectivity index (χ0) is 13.7. The Hall–Kier alpha value is -0.890. The van der Waals surface area contributed by atoms with Gasteiger partial charge in [0.25, 0.3) is 0 Å². The van der Waals surface area contributed by atoms with Gasteiger partial charge in [-0.05, 0) is 43.4 Å². The van der Waals surface area contributed by atoms with Gasteiger partial charge in [-0.2, -0.15) is 0 Å². The summed E-state index contributed by atoms with van der Waals surface area (Å²) in [7, 11) is 0. The van der Waals surface area contributed by atoms with E-state index in [2.05, 4.69) is 37.1 Å². The van der Waals surface area contributed by atoms with Crippen molar-refractivity contribution in [3.63, 3.8) is 0 Å². The molecule has 2 rings (SSSR count). The molecule has 0 aliphatic heterocycles. The molecule has 1 saturated carbocycles. The molecule has 1 aromatic heterocycles. The maximum absolute atomic E-state index is 4.68. The molecule has 1 aliphatic rings. The van der Waals surface area contributed by atoms with Crippen molar-refractivity contribution in [2.45, 2.75) is 58.9 Å². The zero-order valence-corrected chi connectivity index (χ0v) is 12.7. The van der Waals surface area contributed by atoms with Crippen molar-refractivity contribution in [1.29, 1.82) is 0 Å². The lowest BCUT2D eigenvalue weighted by Crippen LogP contribution is -2.35. The third-order valence-corrected chi connectivity index (χ3v) is 4.69. The largest absolute Gasteiger partial charge is 0.309 e. The van der Waals surface area contributed by atoms with E-state index in [1.165, 1.54) is 43.4 Å². The minimum atomic E-state index is 0.441. The summed E-state index contributed by atoms with van der Waals surface area (Å²) in [6, 6.07) is 4.67. The number of aryl methyl sites for hydroxylation is 1. The summed E-state index contributed by atoms with van der Waals surface area (Å²) in [5.41, 5.74) is 2.60.